The molecule has 1 unspecified atom stereocenters. The van der Waals surface area contributed by atoms with E-state index in [0.29, 0.717) is 26.1 Å². The van der Waals surface area contributed by atoms with Gasteiger partial charge in [0.25, 0.3) is 0 Å². The lowest BCUT2D eigenvalue weighted by Crippen LogP contribution is -2.59. The molecule has 5 heteroatoms. The number of benzene rings is 1. The van der Waals surface area contributed by atoms with E-state index in [9.17, 15) is 14.3 Å². The van der Waals surface area contributed by atoms with Crippen LogP contribution in [0.15, 0.2) is 24.3 Å². The van der Waals surface area contributed by atoms with Gasteiger partial charge < -0.3 is 14.9 Å². The molecule has 0 bridgehead atoms. The maximum atomic E-state index is 12.2. The van der Waals surface area contributed by atoms with Gasteiger partial charge in [0.15, 0.2) is 0 Å². The van der Waals surface area contributed by atoms with Crippen LogP contribution in [0.1, 0.15) is 32.8 Å². The number of alkyl halides is 1. The second-order valence-corrected chi connectivity index (χ2v) is 7.26. The van der Waals surface area contributed by atoms with Crippen LogP contribution in [-0.2, 0) is 6.42 Å². The maximum absolute atomic E-state index is 12.2. The molecule has 2 rings (SSSR count). The van der Waals surface area contributed by atoms with E-state index in [2.05, 4.69) is 37.8 Å². The van der Waals surface area contributed by atoms with Crippen molar-refractivity contribution in [2.24, 2.45) is 5.41 Å². The summed E-state index contributed by atoms with van der Waals surface area (Å²) in [6.45, 7) is 7.86. The third-order valence-corrected chi connectivity index (χ3v) is 4.53. The predicted molar refractivity (Wildman–Crippen MR) is 90.9 cm³/mol. The Labute approximate surface area is 137 Å². The molecule has 1 saturated heterocycles. The average Bonchev–Trinajstić information content (AvgIpc) is 2.52. The van der Waals surface area contributed by atoms with Crippen molar-refractivity contribution in [3.8, 4) is 0 Å². The molecule has 1 atom stereocenters. The monoisotopic (exact) mass is 322 g/mol. The van der Waals surface area contributed by atoms with Crippen molar-refractivity contribution >= 4 is 11.8 Å². The molecule has 0 aromatic heterocycles. The van der Waals surface area contributed by atoms with Gasteiger partial charge in [0.1, 0.15) is 0 Å². The molecule has 23 heavy (non-hydrogen) atoms. The summed E-state index contributed by atoms with van der Waals surface area (Å²) in [6, 6.07) is 8.16. The van der Waals surface area contributed by atoms with Crippen molar-refractivity contribution in [1.82, 2.24) is 4.90 Å². The molecule has 1 heterocycles. The van der Waals surface area contributed by atoms with Crippen LogP contribution in [0.25, 0.3) is 0 Å². The predicted octanol–water partition coefficient (Wildman–Crippen LogP) is 3.80. The van der Waals surface area contributed by atoms with Gasteiger partial charge in [0, 0.05) is 25.3 Å². The molecule has 1 N–H and O–H groups in total. The highest BCUT2D eigenvalue weighted by molar-refractivity contribution is 5.66. The van der Waals surface area contributed by atoms with Crippen molar-refractivity contribution in [3.05, 3.63) is 29.8 Å². The Morgan fingerprint density at radius 1 is 1.26 bits per heavy atom. The first-order valence-corrected chi connectivity index (χ1v) is 8.22. The van der Waals surface area contributed by atoms with Gasteiger partial charge in [-0.2, -0.15) is 0 Å². The van der Waals surface area contributed by atoms with Crippen LogP contribution in [0.4, 0.5) is 14.9 Å². The maximum Gasteiger partial charge on any atom is 0.407 e. The van der Waals surface area contributed by atoms with Crippen LogP contribution in [0.3, 0.4) is 0 Å². The molecule has 128 valence electrons. The van der Waals surface area contributed by atoms with E-state index in [4.69, 9.17) is 0 Å². The van der Waals surface area contributed by atoms with Crippen molar-refractivity contribution in [3.63, 3.8) is 0 Å². The molecule has 0 aliphatic carbocycles. The second kappa shape index (κ2) is 7.20. The third-order valence-electron chi connectivity index (χ3n) is 4.53. The Hall–Kier alpha value is -1.78. The molecule has 1 aromatic carbocycles. The minimum absolute atomic E-state index is 0.0417. The minimum Gasteiger partial charge on any atom is -0.465 e. The number of carboxylic acid groups (broad SMARTS) is 1. The fourth-order valence-electron chi connectivity index (χ4n) is 3.13. The number of amides is 1. The van der Waals surface area contributed by atoms with Crippen LogP contribution in [0.2, 0.25) is 0 Å². The third kappa shape index (κ3) is 4.36. The van der Waals surface area contributed by atoms with Gasteiger partial charge in [0.2, 0.25) is 0 Å². The Morgan fingerprint density at radius 3 is 2.43 bits per heavy atom. The number of carbonyl (C=O) groups is 1. The summed E-state index contributed by atoms with van der Waals surface area (Å²) in [5.41, 5.74) is 2.13. The standard InChI is InChI=1S/C18H27FN2O2/c1-18(2,3)16-13-20(11-12-21(16)17(22)23)15-8-6-14(7-9-15)5-4-10-19/h6-9,16H,4-5,10-13H2,1-3H3,(H,22,23). The molecule has 1 fully saturated rings. The summed E-state index contributed by atoms with van der Waals surface area (Å²) in [4.78, 5) is 15.3. The number of halogens is 1. The first-order chi connectivity index (χ1) is 10.8. The van der Waals surface area contributed by atoms with Crippen LogP contribution < -0.4 is 4.90 Å². The zero-order valence-electron chi connectivity index (χ0n) is 14.3. The highest BCUT2D eigenvalue weighted by Gasteiger charge is 2.37. The summed E-state index contributed by atoms with van der Waals surface area (Å²) in [6.07, 6.45) is 0.475. The molecule has 1 amide bonds. The summed E-state index contributed by atoms with van der Waals surface area (Å²) in [5, 5.41) is 9.42. The van der Waals surface area contributed by atoms with Gasteiger partial charge >= 0.3 is 6.09 Å². The number of nitrogens with zero attached hydrogens (tertiary/aromatic N) is 2. The fraction of sp³-hybridized carbons (Fsp3) is 0.611. The fourth-order valence-corrected chi connectivity index (χ4v) is 3.13. The van der Waals surface area contributed by atoms with Gasteiger partial charge in [-0.15, -0.1) is 0 Å². The van der Waals surface area contributed by atoms with E-state index >= 15 is 0 Å². The lowest BCUT2D eigenvalue weighted by Gasteiger charge is -2.46. The van der Waals surface area contributed by atoms with Gasteiger partial charge in [-0.05, 0) is 36.0 Å². The molecule has 1 aliphatic rings. The van der Waals surface area contributed by atoms with Crippen molar-refractivity contribution in [1.29, 1.82) is 0 Å². The zero-order chi connectivity index (χ0) is 17.0. The largest absolute Gasteiger partial charge is 0.465 e. The van der Waals surface area contributed by atoms with Crippen LogP contribution >= 0.6 is 0 Å². The molecular weight excluding hydrogens is 295 g/mol. The quantitative estimate of drug-likeness (QED) is 0.917. The van der Waals surface area contributed by atoms with E-state index < -0.39 is 6.09 Å². The summed E-state index contributed by atoms with van der Waals surface area (Å²) in [7, 11) is 0. The topological polar surface area (TPSA) is 43.8 Å². The summed E-state index contributed by atoms with van der Waals surface area (Å²) >= 11 is 0. The van der Waals surface area contributed by atoms with E-state index in [1.807, 2.05) is 12.1 Å². The van der Waals surface area contributed by atoms with Gasteiger partial charge in [-0.1, -0.05) is 32.9 Å². The molecule has 4 nitrogen and oxygen atoms in total. The lowest BCUT2D eigenvalue weighted by atomic mass is 9.84. The number of aryl methyl sites for hydroxylation is 1. The summed E-state index contributed by atoms with van der Waals surface area (Å²) in [5.74, 6) is 0. The normalized spacial score (nSPS) is 19.0. The molecule has 1 aliphatic heterocycles. The van der Waals surface area contributed by atoms with Gasteiger partial charge in [0.05, 0.1) is 12.7 Å². The van der Waals surface area contributed by atoms with Crippen LogP contribution in [0.5, 0.6) is 0 Å². The molecule has 0 radical (unpaired) electrons. The lowest BCUT2D eigenvalue weighted by molar-refractivity contribution is 0.0748. The van der Waals surface area contributed by atoms with E-state index in [0.717, 1.165) is 17.7 Å². The van der Waals surface area contributed by atoms with Crippen molar-refractivity contribution in [2.45, 2.75) is 39.7 Å². The molecule has 0 spiro atoms. The van der Waals surface area contributed by atoms with Crippen LogP contribution in [-0.4, -0.2) is 48.5 Å². The second-order valence-electron chi connectivity index (χ2n) is 7.26. The average molecular weight is 322 g/mol. The minimum atomic E-state index is -0.842. The first kappa shape index (κ1) is 17.6. The Bertz CT molecular complexity index is 525. The molecule has 0 saturated carbocycles. The van der Waals surface area contributed by atoms with Gasteiger partial charge in [-0.25, -0.2) is 4.79 Å². The smallest absolute Gasteiger partial charge is 0.407 e. The molecule has 1 aromatic rings. The number of hydrogen-bond donors (Lipinski definition) is 1. The van der Waals surface area contributed by atoms with E-state index in [1.165, 1.54) is 0 Å². The zero-order valence-corrected chi connectivity index (χ0v) is 14.3. The highest BCUT2D eigenvalue weighted by Crippen LogP contribution is 2.30. The van der Waals surface area contributed by atoms with Gasteiger partial charge in [-0.3, -0.25) is 4.39 Å². The Balaban J connectivity index is 2.10. The Kier molecular flexibility index (Phi) is 5.50. The number of hydrogen-bond acceptors (Lipinski definition) is 2. The summed E-state index contributed by atoms with van der Waals surface area (Å²) < 4.78 is 12.2. The first-order valence-electron chi connectivity index (χ1n) is 8.22. The van der Waals surface area contributed by atoms with E-state index in [-0.39, 0.29) is 18.1 Å². The molecular formula is C18H27FN2O2. The highest BCUT2D eigenvalue weighted by atomic mass is 19.1. The van der Waals surface area contributed by atoms with Crippen molar-refractivity contribution < 1.29 is 14.3 Å². The number of piperazine rings is 1. The van der Waals surface area contributed by atoms with E-state index in [1.54, 1.807) is 4.90 Å². The van der Waals surface area contributed by atoms with Crippen molar-refractivity contribution in [2.75, 3.05) is 31.2 Å². The van der Waals surface area contributed by atoms with Crippen LogP contribution in [0, 0.1) is 5.41 Å². The Morgan fingerprint density at radius 2 is 1.91 bits per heavy atom. The number of anilines is 1. The SMILES string of the molecule is CC(C)(C)C1CN(c2ccc(CCCF)cc2)CCN1C(=O)O. The number of rotatable bonds is 4.